The molecule has 0 aliphatic carbocycles. The molecule has 1 radical (unpaired) electrons. The fourth-order valence-corrected chi connectivity index (χ4v) is 0.308. The van der Waals surface area contributed by atoms with E-state index in [0.717, 1.165) is 0 Å². The van der Waals surface area contributed by atoms with Crippen LogP contribution in [0.5, 0.6) is 0 Å². The van der Waals surface area contributed by atoms with E-state index in [1.165, 1.54) is 7.05 Å². The standard InChI is InChI=1S/C6H12NO2/c1-6(2,3)9-5(8)7-4/h1-4H3. The quantitative estimate of drug-likeness (QED) is 0.493. The van der Waals surface area contributed by atoms with Gasteiger partial charge in [-0.3, -0.25) is 0 Å². The third-order valence-electron chi connectivity index (χ3n) is 0.576. The maximum Gasteiger partial charge on any atom is 0.429 e. The summed E-state index contributed by atoms with van der Waals surface area (Å²) in [5.74, 6) is 0. The van der Waals surface area contributed by atoms with Gasteiger partial charge in [0.15, 0.2) is 0 Å². The Morgan fingerprint density at radius 1 is 1.44 bits per heavy atom. The molecule has 0 aromatic rings. The fraction of sp³-hybridized carbons (Fsp3) is 0.833. The summed E-state index contributed by atoms with van der Waals surface area (Å²) >= 11 is 0. The molecule has 3 nitrogen and oxygen atoms in total. The van der Waals surface area contributed by atoms with E-state index in [1.807, 2.05) is 0 Å². The summed E-state index contributed by atoms with van der Waals surface area (Å²) < 4.78 is 4.78. The van der Waals surface area contributed by atoms with E-state index < -0.39 is 11.7 Å². The predicted molar refractivity (Wildman–Crippen MR) is 34.3 cm³/mol. The highest BCUT2D eigenvalue weighted by atomic mass is 16.6. The van der Waals surface area contributed by atoms with E-state index in [9.17, 15) is 4.79 Å². The SMILES string of the molecule is C[N]C(=O)OC(C)(C)C. The molecule has 0 aromatic carbocycles. The van der Waals surface area contributed by atoms with Gasteiger partial charge in [-0.05, 0) is 20.8 Å². The van der Waals surface area contributed by atoms with Crippen LogP contribution in [-0.4, -0.2) is 18.7 Å². The highest BCUT2D eigenvalue weighted by molar-refractivity contribution is 5.66. The van der Waals surface area contributed by atoms with Gasteiger partial charge in [-0.25, -0.2) is 10.1 Å². The second-order valence-corrected chi connectivity index (χ2v) is 2.70. The van der Waals surface area contributed by atoms with Crippen molar-refractivity contribution in [2.24, 2.45) is 0 Å². The van der Waals surface area contributed by atoms with Crippen LogP contribution in [-0.2, 0) is 4.74 Å². The van der Waals surface area contributed by atoms with Crippen molar-refractivity contribution in [2.45, 2.75) is 26.4 Å². The third kappa shape index (κ3) is 5.14. The van der Waals surface area contributed by atoms with Gasteiger partial charge in [-0.15, -0.1) is 0 Å². The second kappa shape index (κ2) is 2.71. The maximum absolute atomic E-state index is 10.4. The Kier molecular flexibility index (Phi) is 2.49. The number of ether oxygens (including phenoxy) is 1. The normalized spacial score (nSPS) is 10.7. The van der Waals surface area contributed by atoms with Gasteiger partial charge >= 0.3 is 6.09 Å². The van der Waals surface area contributed by atoms with Gasteiger partial charge in [0.2, 0.25) is 0 Å². The first-order valence-corrected chi connectivity index (χ1v) is 2.78. The average Bonchev–Trinajstić information content (AvgIpc) is 1.62. The molecule has 3 heteroatoms. The first-order valence-electron chi connectivity index (χ1n) is 2.78. The van der Waals surface area contributed by atoms with Gasteiger partial charge in [0.25, 0.3) is 0 Å². The molecule has 0 rings (SSSR count). The van der Waals surface area contributed by atoms with Crippen molar-refractivity contribution >= 4 is 6.09 Å². The van der Waals surface area contributed by atoms with Gasteiger partial charge < -0.3 is 4.74 Å². The zero-order chi connectivity index (χ0) is 7.49. The lowest BCUT2D eigenvalue weighted by Gasteiger charge is -2.17. The molecule has 0 saturated heterocycles. The monoisotopic (exact) mass is 130 g/mol. The van der Waals surface area contributed by atoms with Crippen LogP contribution in [0.1, 0.15) is 20.8 Å². The number of rotatable bonds is 0. The molecule has 0 aliphatic rings. The van der Waals surface area contributed by atoms with Crippen molar-refractivity contribution in [2.75, 3.05) is 7.05 Å². The number of hydrogen-bond acceptors (Lipinski definition) is 2. The summed E-state index contributed by atoms with van der Waals surface area (Å²) in [6.45, 7) is 5.40. The second-order valence-electron chi connectivity index (χ2n) is 2.70. The summed E-state index contributed by atoms with van der Waals surface area (Å²) in [5.41, 5.74) is -0.420. The van der Waals surface area contributed by atoms with Gasteiger partial charge in [0, 0.05) is 7.05 Å². The number of nitrogens with zero attached hydrogens (tertiary/aromatic N) is 1. The molecule has 0 N–H and O–H groups in total. The van der Waals surface area contributed by atoms with Gasteiger partial charge in [-0.2, -0.15) is 0 Å². The molecule has 0 atom stereocenters. The van der Waals surface area contributed by atoms with Crippen LogP contribution >= 0.6 is 0 Å². The Bertz CT molecular complexity index is 104. The van der Waals surface area contributed by atoms with E-state index in [4.69, 9.17) is 4.74 Å². The van der Waals surface area contributed by atoms with Crippen LogP contribution < -0.4 is 5.32 Å². The van der Waals surface area contributed by atoms with Crippen molar-refractivity contribution < 1.29 is 9.53 Å². The zero-order valence-electron chi connectivity index (χ0n) is 6.26. The Morgan fingerprint density at radius 2 is 1.89 bits per heavy atom. The Balaban J connectivity index is 3.60. The molecular formula is C6H12NO2. The van der Waals surface area contributed by atoms with E-state index in [2.05, 4.69) is 5.32 Å². The number of hydrogen-bond donors (Lipinski definition) is 0. The zero-order valence-corrected chi connectivity index (χ0v) is 6.26. The Labute approximate surface area is 55.4 Å². The first-order chi connectivity index (χ1) is 3.95. The summed E-state index contributed by atoms with van der Waals surface area (Å²) in [7, 11) is 1.41. The summed E-state index contributed by atoms with van der Waals surface area (Å²) in [6, 6.07) is 0. The smallest absolute Gasteiger partial charge is 0.429 e. The molecule has 53 valence electrons. The summed E-state index contributed by atoms with van der Waals surface area (Å²) in [5, 5.41) is 3.31. The Hall–Kier alpha value is -0.730. The summed E-state index contributed by atoms with van der Waals surface area (Å²) in [4.78, 5) is 10.4. The van der Waals surface area contributed by atoms with Crippen LogP contribution in [0, 0.1) is 0 Å². The van der Waals surface area contributed by atoms with Crippen LogP contribution in [0.3, 0.4) is 0 Å². The highest BCUT2D eigenvalue weighted by Crippen LogP contribution is 2.05. The van der Waals surface area contributed by atoms with Crippen molar-refractivity contribution in [3.8, 4) is 0 Å². The molecule has 9 heavy (non-hydrogen) atoms. The van der Waals surface area contributed by atoms with Crippen molar-refractivity contribution in [3.63, 3.8) is 0 Å². The van der Waals surface area contributed by atoms with Crippen molar-refractivity contribution in [1.82, 2.24) is 5.32 Å². The molecule has 1 amide bonds. The topological polar surface area (TPSA) is 40.4 Å². The molecule has 0 fully saturated rings. The largest absolute Gasteiger partial charge is 0.442 e. The van der Waals surface area contributed by atoms with Gasteiger partial charge in [-0.1, -0.05) is 0 Å². The van der Waals surface area contributed by atoms with Crippen molar-refractivity contribution in [3.05, 3.63) is 0 Å². The molecule has 0 spiro atoms. The van der Waals surface area contributed by atoms with Crippen LogP contribution in [0.15, 0.2) is 0 Å². The lowest BCUT2D eigenvalue weighted by Crippen LogP contribution is -2.26. The van der Waals surface area contributed by atoms with Gasteiger partial charge in [0.1, 0.15) is 5.60 Å². The molecule has 0 heterocycles. The van der Waals surface area contributed by atoms with E-state index >= 15 is 0 Å². The van der Waals surface area contributed by atoms with E-state index in [-0.39, 0.29) is 0 Å². The van der Waals surface area contributed by atoms with E-state index in [0.29, 0.717) is 0 Å². The molecule has 0 unspecified atom stereocenters. The molecule has 0 aromatic heterocycles. The first kappa shape index (κ1) is 8.27. The number of carbonyl (C=O) groups is 1. The van der Waals surface area contributed by atoms with Crippen molar-refractivity contribution in [1.29, 1.82) is 0 Å². The van der Waals surface area contributed by atoms with Crippen LogP contribution in [0.2, 0.25) is 0 Å². The van der Waals surface area contributed by atoms with Crippen LogP contribution in [0.25, 0.3) is 0 Å². The third-order valence-corrected chi connectivity index (χ3v) is 0.576. The molecule has 0 aliphatic heterocycles. The minimum absolute atomic E-state index is 0.420. The molecular weight excluding hydrogens is 118 g/mol. The van der Waals surface area contributed by atoms with Crippen LogP contribution in [0.4, 0.5) is 4.79 Å². The lowest BCUT2D eigenvalue weighted by atomic mass is 10.2. The highest BCUT2D eigenvalue weighted by Gasteiger charge is 2.14. The minimum atomic E-state index is -0.512. The fourth-order valence-electron chi connectivity index (χ4n) is 0.308. The van der Waals surface area contributed by atoms with E-state index in [1.54, 1.807) is 20.8 Å². The molecule has 0 saturated carbocycles. The average molecular weight is 130 g/mol. The predicted octanol–water partition coefficient (Wildman–Crippen LogP) is 1.16. The number of amides is 1. The molecule has 0 bridgehead atoms. The lowest BCUT2D eigenvalue weighted by molar-refractivity contribution is 0.0535. The Morgan fingerprint density at radius 3 is 2.00 bits per heavy atom. The van der Waals surface area contributed by atoms with Gasteiger partial charge in [0.05, 0.1) is 0 Å². The number of carbonyl (C=O) groups excluding carboxylic acids is 1. The maximum atomic E-state index is 10.4. The minimum Gasteiger partial charge on any atom is -0.442 e. The summed E-state index contributed by atoms with van der Waals surface area (Å²) in [6.07, 6.45) is -0.512.